The molecule has 1 atom stereocenters. The minimum Gasteiger partial charge on any atom is -0.477 e. The first-order valence-electron chi connectivity index (χ1n) is 7.54. The van der Waals surface area contributed by atoms with Gasteiger partial charge in [-0.05, 0) is 35.7 Å². The number of fused-ring (bicyclic) bond motifs is 1. The summed E-state index contributed by atoms with van der Waals surface area (Å²) < 4.78 is 5.75. The molecule has 2 aromatic carbocycles. The molecule has 0 radical (unpaired) electrons. The van der Waals surface area contributed by atoms with Gasteiger partial charge in [-0.1, -0.05) is 38.1 Å². The summed E-state index contributed by atoms with van der Waals surface area (Å²) in [6, 6.07) is 15.6. The SMILES string of the molecule is CC(C)c1ccc(NC(=O)C2CNc3ccccc3O2)cc1. The van der Waals surface area contributed by atoms with Crippen LogP contribution in [0.5, 0.6) is 5.75 Å². The number of para-hydroxylation sites is 2. The number of hydrogen-bond acceptors (Lipinski definition) is 3. The average Bonchev–Trinajstić information content (AvgIpc) is 2.55. The predicted octanol–water partition coefficient (Wildman–Crippen LogP) is 3.62. The Morgan fingerprint density at radius 1 is 1.18 bits per heavy atom. The van der Waals surface area contributed by atoms with Gasteiger partial charge in [0.2, 0.25) is 0 Å². The number of hydrogen-bond donors (Lipinski definition) is 2. The maximum atomic E-state index is 12.3. The third-order valence-corrected chi connectivity index (χ3v) is 3.77. The van der Waals surface area contributed by atoms with Gasteiger partial charge >= 0.3 is 0 Å². The maximum absolute atomic E-state index is 12.3. The summed E-state index contributed by atoms with van der Waals surface area (Å²) in [7, 11) is 0. The topological polar surface area (TPSA) is 50.4 Å². The molecular weight excluding hydrogens is 276 g/mol. The Morgan fingerprint density at radius 3 is 2.64 bits per heavy atom. The minimum atomic E-state index is -0.528. The van der Waals surface area contributed by atoms with Crippen LogP contribution in [0.2, 0.25) is 0 Å². The molecule has 1 amide bonds. The number of carbonyl (C=O) groups is 1. The van der Waals surface area contributed by atoms with Gasteiger partial charge in [0.15, 0.2) is 6.10 Å². The summed E-state index contributed by atoms with van der Waals surface area (Å²) in [5.74, 6) is 1.05. The van der Waals surface area contributed by atoms with Gasteiger partial charge in [-0.2, -0.15) is 0 Å². The van der Waals surface area contributed by atoms with Crippen LogP contribution in [-0.4, -0.2) is 18.6 Å². The Bertz CT molecular complexity index is 665. The fourth-order valence-corrected chi connectivity index (χ4v) is 2.43. The lowest BCUT2D eigenvalue weighted by Crippen LogP contribution is -2.41. The van der Waals surface area contributed by atoms with E-state index in [0.717, 1.165) is 11.4 Å². The van der Waals surface area contributed by atoms with Crippen LogP contribution < -0.4 is 15.4 Å². The molecule has 0 bridgehead atoms. The normalized spacial score (nSPS) is 16.4. The molecule has 3 rings (SSSR count). The molecule has 0 spiro atoms. The van der Waals surface area contributed by atoms with Gasteiger partial charge in [-0.3, -0.25) is 4.79 Å². The van der Waals surface area contributed by atoms with Crippen molar-refractivity contribution in [2.45, 2.75) is 25.9 Å². The lowest BCUT2D eigenvalue weighted by Gasteiger charge is -2.26. The van der Waals surface area contributed by atoms with E-state index in [1.165, 1.54) is 5.56 Å². The van der Waals surface area contributed by atoms with Crippen molar-refractivity contribution >= 4 is 17.3 Å². The number of anilines is 2. The molecule has 1 unspecified atom stereocenters. The van der Waals surface area contributed by atoms with E-state index in [9.17, 15) is 4.79 Å². The van der Waals surface area contributed by atoms with Crippen LogP contribution in [0.4, 0.5) is 11.4 Å². The standard InChI is InChI=1S/C18H20N2O2/c1-12(2)13-7-9-14(10-8-13)20-18(21)17-11-19-15-5-3-4-6-16(15)22-17/h3-10,12,17,19H,11H2,1-2H3,(H,20,21). The average molecular weight is 296 g/mol. The van der Waals surface area contributed by atoms with Crippen LogP contribution in [0.1, 0.15) is 25.3 Å². The zero-order valence-corrected chi connectivity index (χ0v) is 12.8. The van der Waals surface area contributed by atoms with Gasteiger partial charge in [-0.25, -0.2) is 0 Å². The van der Waals surface area contributed by atoms with Crippen LogP contribution in [0.3, 0.4) is 0 Å². The molecule has 0 aromatic heterocycles. The van der Waals surface area contributed by atoms with Gasteiger partial charge in [0.05, 0.1) is 12.2 Å². The Kier molecular flexibility index (Phi) is 4.00. The molecule has 0 saturated carbocycles. The van der Waals surface area contributed by atoms with Crippen LogP contribution >= 0.6 is 0 Å². The van der Waals surface area contributed by atoms with Crippen LogP contribution in [0.15, 0.2) is 48.5 Å². The van der Waals surface area contributed by atoms with Crippen molar-refractivity contribution in [3.8, 4) is 5.75 Å². The summed E-state index contributed by atoms with van der Waals surface area (Å²) in [5.41, 5.74) is 2.97. The second-order valence-electron chi connectivity index (χ2n) is 5.75. The highest BCUT2D eigenvalue weighted by Crippen LogP contribution is 2.28. The molecular formula is C18H20N2O2. The third kappa shape index (κ3) is 3.06. The van der Waals surface area contributed by atoms with Crippen LogP contribution in [0.25, 0.3) is 0 Å². The second-order valence-corrected chi connectivity index (χ2v) is 5.75. The van der Waals surface area contributed by atoms with E-state index in [2.05, 4.69) is 24.5 Å². The largest absolute Gasteiger partial charge is 0.477 e. The van der Waals surface area contributed by atoms with Gasteiger partial charge in [0.1, 0.15) is 5.75 Å². The van der Waals surface area contributed by atoms with Crippen molar-refractivity contribution in [1.82, 2.24) is 0 Å². The zero-order chi connectivity index (χ0) is 15.5. The zero-order valence-electron chi connectivity index (χ0n) is 12.8. The van der Waals surface area contributed by atoms with E-state index in [4.69, 9.17) is 4.74 Å². The number of benzene rings is 2. The second kappa shape index (κ2) is 6.10. The first-order chi connectivity index (χ1) is 10.6. The Balaban J connectivity index is 1.65. The predicted molar refractivity (Wildman–Crippen MR) is 88.5 cm³/mol. The van der Waals surface area contributed by atoms with E-state index >= 15 is 0 Å². The fraction of sp³-hybridized carbons (Fsp3) is 0.278. The Hall–Kier alpha value is -2.49. The highest BCUT2D eigenvalue weighted by atomic mass is 16.5. The Morgan fingerprint density at radius 2 is 1.91 bits per heavy atom. The van der Waals surface area contributed by atoms with Crippen molar-refractivity contribution in [2.24, 2.45) is 0 Å². The fourth-order valence-electron chi connectivity index (χ4n) is 2.43. The molecule has 0 fully saturated rings. The highest BCUT2D eigenvalue weighted by Gasteiger charge is 2.25. The molecule has 1 aliphatic rings. The molecule has 114 valence electrons. The van der Waals surface area contributed by atoms with Crippen LogP contribution in [0, 0.1) is 0 Å². The first kappa shape index (κ1) is 14.4. The summed E-state index contributed by atoms with van der Waals surface area (Å²) in [6.07, 6.45) is -0.528. The van der Waals surface area contributed by atoms with Gasteiger partial charge in [-0.15, -0.1) is 0 Å². The van der Waals surface area contributed by atoms with Gasteiger partial charge < -0.3 is 15.4 Å². The van der Waals surface area contributed by atoms with Crippen molar-refractivity contribution in [3.05, 3.63) is 54.1 Å². The van der Waals surface area contributed by atoms with E-state index in [1.54, 1.807) is 0 Å². The van der Waals surface area contributed by atoms with E-state index in [1.807, 2.05) is 48.5 Å². The summed E-state index contributed by atoms with van der Waals surface area (Å²) >= 11 is 0. The minimum absolute atomic E-state index is 0.140. The molecule has 1 heterocycles. The van der Waals surface area contributed by atoms with Crippen LogP contribution in [-0.2, 0) is 4.79 Å². The molecule has 2 aromatic rings. The molecule has 0 saturated heterocycles. The quantitative estimate of drug-likeness (QED) is 0.909. The summed E-state index contributed by atoms with van der Waals surface area (Å²) in [6.45, 7) is 4.76. The van der Waals surface area contributed by atoms with E-state index in [0.29, 0.717) is 18.2 Å². The van der Waals surface area contributed by atoms with Crippen molar-refractivity contribution in [1.29, 1.82) is 0 Å². The molecule has 2 N–H and O–H groups in total. The monoisotopic (exact) mass is 296 g/mol. The number of carbonyl (C=O) groups excluding carboxylic acids is 1. The Labute approximate surface area is 130 Å². The van der Waals surface area contributed by atoms with Crippen molar-refractivity contribution < 1.29 is 9.53 Å². The molecule has 1 aliphatic heterocycles. The van der Waals surface area contributed by atoms with Gasteiger partial charge in [0, 0.05) is 5.69 Å². The molecule has 0 aliphatic carbocycles. The number of nitrogens with one attached hydrogen (secondary N) is 2. The van der Waals surface area contributed by atoms with Crippen molar-refractivity contribution in [2.75, 3.05) is 17.2 Å². The van der Waals surface area contributed by atoms with Crippen molar-refractivity contribution in [3.63, 3.8) is 0 Å². The van der Waals surface area contributed by atoms with E-state index in [-0.39, 0.29) is 5.91 Å². The summed E-state index contributed by atoms with van der Waals surface area (Å²) in [5, 5.41) is 6.12. The molecule has 4 nitrogen and oxygen atoms in total. The molecule has 4 heteroatoms. The van der Waals surface area contributed by atoms with E-state index < -0.39 is 6.10 Å². The maximum Gasteiger partial charge on any atom is 0.267 e. The number of rotatable bonds is 3. The lowest BCUT2D eigenvalue weighted by molar-refractivity contribution is -0.122. The smallest absolute Gasteiger partial charge is 0.267 e. The number of ether oxygens (including phenoxy) is 1. The highest BCUT2D eigenvalue weighted by molar-refractivity contribution is 5.95. The molecule has 22 heavy (non-hydrogen) atoms. The number of amides is 1. The third-order valence-electron chi connectivity index (χ3n) is 3.77. The summed E-state index contributed by atoms with van der Waals surface area (Å²) in [4.78, 5) is 12.3. The lowest BCUT2D eigenvalue weighted by atomic mass is 10.0. The first-order valence-corrected chi connectivity index (χ1v) is 7.54. The van der Waals surface area contributed by atoms with Gasteiger partial charge in [0.25, 0.3) is 5.91 Å².